The van der Waals surface area contributed by atoms with Crippen LogP contribution in [0.25, 0.3) is 0 Å². The van der Waals surface area contributed by atoms with Crippen molar-refractivity contribution in [3.8, 4) is 0 Å². The zero-order chi connectivity index (χ0) is 9.80. The van der Waals surface area contributed by atoms with Gasteiger partial charge in [-0.2, -0.15) is 0 Å². The number of thiocarbonyl (C=S) groups is 1. The van der Waals surface area contributed by atoms with E-state index in [1.165, 1.54) is 5.56 Å². The second-order valence-corrected chi connectivity index (χ2v) is 3.59. The van der Waals surface area contributed by atoms with Crippen molar-refractivity contribution in [1.29, 1.82) is 0 Å². The summed E-state index contributed by atoms with van der Waals surface area (Å²) in [6, 6.07) is 10.3. The van der Waals surface area contributed by atoms with E-state index in [4.69, 9.17) is 12.2 Å². The van der Waals surface area contributed by atoms with Gasteiger partial charge < -0.3 is 5.32 Å². The first-order valence-corrected chi connectivity index (χ1v) is 5.10. The molecule has 1 aromatic carbocycles. The summed E-state index contributed by atoms with van der Waals surface area (Å²) in [5.41, 5.74) is 4.54. The lowest BCUT2D eigenvalue weighted by Gasteiger charge is -2.17. The molecule has 1 aromatic rings. The van der Waals surface area contributed by atoms with Gasteiger partial charge >= 0.3 is 0 Å². The van der Waals surface area contributed by atoms with Crippen molar-refractivity contribution in [1.82, 2.24) is 15.8 Å². The van der Waals surface area contributed by atoms with Crippen LogP contribution in [-0.4, -0.2) is 23.2 Å². The number of benzene rings is 1. The van der Waals surface area contributed by atoms with E-state index in [9.17, 15) is 0 Å². The molecule has 0 unspecified atom stereocenters. The van der Waals surface area contributed by atoms with E-state index < -0.39 is 0 Å². The van der Waals surface area contributed by atoms with Crippen molar-refractivity contribution in [3.05, 3.63) is 35.9 Å². The minimum atomic E-state index is 0.793. The fraction of sp³-hybridized carbons (Fsp3) is 0.300. The van der Waals surface area contributed by atoms with Crippen LogP contribution in [0.1, 0.15) is 5.56 Å². The zero-order valence-electron chi connectivity index (χ0n) is 7.86. The predicted molar refractivity (Wildman–Crippen MR) is 60.6 cm³/mol. The summed E-state index contributed by atoms with van der Waals surface area (Å²) in [7, 11) is 0. The molecule has 14 heavy (non-hydrogen) atoms. The molecular formula is C10H13N3S. The maximum atomic E-state index is 5.11. The lowest BCUT2D eigenvalue weighted by molar-refractivity contribution is 0.338. The number of hydrazine groups is 1. The third kappa shape index (κ3) is 2.21. The zero-order valence-corrected chi connectivity index (χ0v) is 8.68. The van der Waals surface area contributed by atoms with Crippen LogP contribution >= 0.6 is 12.2 Å². The van der Waals surface area contributed by atoms with Crippen LogP contribution in [0.4, 0.5) is 0 Å². The van der Waals surface area contributed by atoms with Gasteiger partial charge in [-0.25, -0.2) is 5.43 Å². The molecular weight excluding hydrogens is 194 g/mol. The Morgan fingerprint density at radius 3 is 2.79 bits per heavy atom. The van der Waals surface area contributed by atoms with Gasteiger partial charge in [-0.15, -0.1) is 0 Å². The summed E-state index contributed by atoms with van der Waals surface area (Å²) in [5.74, 6) is 0. The van der Waals surface area contributed by atoms with Crippen LogP contribution in [0, 0.1) is 0 Å². The highest BCUT2D eigenvalue weighted by atomic mass is 32.1. The first kappa shape index (κ1) is 9.43. The molecule has 1 aliphatic rings. The van der Waals surface area contributed by atoms with Crippen LogP contribution < -0.4 is 10.7 Å². The number of hydrogen-bond acceptors (Lipinski definition) is 2. The lowest BCUT2D eigenvalue weighted by Crippen LogP contribution is -2.39. The molecule has 2 rings (SSSR count). The van der Waals surface area contributed by atoms with Gasteiger partial charge in [0.25, 0.3) is 0 Å². The quantitative estimate of drug-likeness (QED) is 0.720. The maximum absolute atomic E-state index is 5.11. The van der Waals surface area contributed by atoms with Gasteiger partial charge in [0.05, 0.1) is 6.54 Å². The summed E-state index contributed by atoms with van der Waals surface area (Å²) in [5, 5.41) is 5.87. The summed E-state index contributed by atoms with van der Waals surface area (Å²) < 4.78 is 0. The summed E-state index contributed by atoms with van der Waals surface area (Å²) in [6.45, 7) is 2.69. The van der Waals surface area contributed by atoms with Crippen molar-refractivity contribution < 1.29 is 0 Å². The molecule has 0 saturated carbocycles. The number of nitrogens with one attached hydrogen (secondary N) is 2. The second-order valence-electron chi connectivity index (χ2n) is 3.20. The molecule has 2 N–H and O–H groups in total. The molecule has 3 nitrogen and oxygen atoms in total. The Balaban J connectivity index is 1.85. The molecule has 0 spiro atoms. The molecule has 0 aromatic heterocycles. The average molecular weight is 207 g/mol. The van der Waals surface area contributed by atoms with E-state index in [-0.39, 0.29) is 0 Å². The van der Waals surface area contributed by atoms with Crippen molar-refractivity contribution in [2.45, 2.75) is 6.54 Å². The molecule has 0 bridgehead atoms. The highest BCUT2D eigenvalue weighted by molar-refractivity contribution is 7.80. The third-order valence-electron chi connectivity index (χ3n) is 2.17. The van der Waals surface area contributed by atoms with Gasteiger partial charge in [0.1, 0.15) is 0 Å². The van der Waals surface area contributed by atoms with Crippen LogP contribution in [0.3, 0.4) is 0 Å². The van der Waals surface area contributed by atoms with Gasteiger partial charge in [-0.05, 0) is 17.8 Å². The molecule has 74 valence electrons. The molecule has 4 heteroatoms. The lowest BCUT2D eigenvalue weighted by atomic mass is 10.2. The van der Waals surface area contributed by atoms with E-state index in [0.717, 1.165) is 24.7 Å². The minimum Gasteiger partial charge on any atom is -0.360 e. The van der Waals surface area contributed by atoms with E-state index >= 15 is 0 Å². The van der Waals surface area contributed by atoms with Crippen LogP contribution in [0.5, 0.6) is 0 Å². The van der Waals surface area contributed by atoms with Crippen molar-refractivity contribution in [2.75, 3.05) is 13.1 Å². The van der Waals surface area contributed by atoms with Crippen molar-refractivity contribution in [2.24, 2.45) is 0 Å². The maximum Gasteiger partial charge on any atom is 0.183 e. The Labute approximate surface area is 89.1 Å². The Bertz CT molecular complexity index is 312. The standard InChI is InChI=1S/C10H13N3S/c14-10-11-6-7-13(10)12-8-9-4-2-1-3-5-9/h1-5,12H,6-8H2,(H,11,14). The monoisotopic (exact) mass is 207 g/mol. The highest BCUT2D eigenvalue weighted by Gasteiger charge is 2.14. The highest BCUT2D eigenvalue weighted by Crippen LogP contribution is 1.99. The average Bonchev–Trinajstić information content (AvgIpc) is 2.63. The summed E-state index contributed by atoms with van der Waals surface area (Å²) in [4.78, 5) is 0. The molecule has 0 aliphatic carbocycles. The Morgan fingerprint density at radius 2 is 2.14 bits per heavy atom. The predicted octanol–water partition coefficient (Wildman–Crippen LogP) is 0.881. The number of rotatable bonds is 3. The third-order valence-corrected chi connectivity index (χ3v) is 2.54. The molecule has 0 amide bonds. The fourth-order valence-electron chi connectivity index (χ4n) is 1.41. The smallest absolute Gasteiger partial charge is 0.183 e. The van der Waals surface area contributed by atoms with Gasteiger partial charge in [0.15, 0.2) is 5.11 Å². The van der Waals surface area contributed by atoms with E-state index in [1.54, 1.807) is 0 Å². The summed E-state index contributed by atoms with van der Waals surface area (Å²) >= 11 is 5.11. The summed E-state index contributed by atoms with van der Waals surface area (Å²) in [6.07, 6.45) is 0. The van der Waals surface area contributed by atoms with Crippen LogP contribution in [0.15, 0.2) is 30.3 Å². The first-order valence-electron chi connectivity index (χ1n) is 4.69. The second kappa shape index (κ2) is 4.39. The largest absolute Gasteiger partial charge is 0.360 e. The SMILES string of the molecule is S=C1NCCN1NCc1ccccc1. The molecule has 0 radical (unpaired) electrons. The van der Waals surface area contributed by atoms with Gasteiger partial charge in [0.2, 0.25) is 0 Å². The van der Waals surface area contributed by atoms with Crippen molar-refractivity contribution >= 4 is 17.3 Å². The van der Waals surface area contributed by atoms with Crippen molar-refractivity contribution in [3.63, 3.8) is 0 Å². The van der Waals surface area contributed by atoms with E-state index in [2.05, 4.69) is 22.9 Å². The van der Waals surface area contributed by atoms with E-state index in [0.29, 0.717) is 0 Å². The number of hydrogen-bond donors (Lipinski definition) is 2. The Kier molecular flexibility index (Phi) is 2.96. The fourth-order valence-corrected chi connectivity index (χ4v) is 1.66. The molecule has 1 heterocycles. The minimum absolute atomic E-state index is 0.793. The van der Waals surface area contributed by atoms with Gasteiger partial charge in [0, 0.05) is 13.1 Å². The number of nitrogens with zero attached hydrogens (tertiary/aromatic N) is 1. The molecule has 0 atom stereocenters. The molecule has 1 fully saturated rings. The van der Waals surface area contributed by atoms with Gasteiger partial charge in [-0.1, -0.05) is 30.3 Å². The van der Waals surface area contributed by atoms with Gasteiger partial charge in [-0.3, -0.25) is 5.01 Å². The Hall–Kier alpha value is -1.13. The normalized spacial score (nSPS) is 15.7. The Morgan fingerprint density at radius 1 is 1.36 bits per heavy atom. The molecule has 1 saturated heterocycles. The topological polar surface area (TPSA) is 27.3 Å². The van der Waals surface area contributed by atoms with Crippen LogP contribution in [-0.2, 0) is 6.54 Å². The molecule has 1 aliphatic heterocycles. The van der Waals surface area contributed by atoms with E-state index in [1.807, 2.05) is 23.2 Å². The van der Waals surface area contributed by atoms with Crippen LogP contribution in [0.2, 0.25) is 0 Å². The first-order chi connectivity index (χ1) is 6.86.